The summed E-state index contributed by atoms with van der Waals surface area (Å²) < 4.78 is 5.34. The zero-order chi connectivity index (χ0) is 14.9. The van der Waals surface area contributed by atoms with Crippen molar-refractivity contribution in [2.45, 2.75) is 31.8 Å². The fourth-order valence-corrected chi connectivity index (χ4v) is 3.69. The summed E-state index contributed by atoms with van der Waals surface area (Å²) in [5.41, 5.74) is 5.45. The third kappa shape index (κ3) is 2.69. The number of thioether (sulfide) groups is 1. The predicted octanol–water partition coefficient (Wildman–Crippen LogP) is 1.36. The highest BCUT2D eigenvalue weighted by Gasteiger charge is 2.43. The van der Waals surface area contributed by atoms with E-state index in [1.165, 1.54) is 16.7 Å². The van der Waals surface area contributed by atoms with E-state index in [4.69, 9.17) is 10.2 Å². The lowest BCUT2D eigenvalue weighted by Crippen LogP contribution is -2.47. The number of carboxylic acid groups (broad SMARTS) is 1. The van der Waals surface area contributed by atoms with E-state index < -0.39 is 12.0 Å². The highest BCUT2D eigenvalue weighted by molar-refractivity contribution is 8.00. The Morgan fingerprint density at radius 3 is 2.75 bits per heavy atom. The number of furan rings is 1. The van der Waals surface area contributed by atoms with Crippen LogP contribution in [0.5, 0.6) is 0 Å². The Balaban J connectivity index is 2.29. The molecule has 7 heteroatoms. The van der Waals surface area contributed by atoms with Gasteiger partial charge >= 0.3 is 5.97 Å². The van der Waals surface area contributed by atoms with Crippen LogP contribution in [0.1, 0.15) is 30.2 Å². The lowest BCUT2D eigenvalue weighted by molar-refractivity contribution is -0.141. The lowest BCUT2D eigenvalue weighted by atomic mass is 10.1. The number of amides is 1. The molecule has 1 aliphatic rings. The average Bonchev–Trinajstić information content (AvgIpc) is 3.04. The van der Waals surface area contributed by atoms with Gasteiger partial charge in [-0.1, -0.05) is 13.8 Å². The zero-order valence-electron chi connectivity index (χ0n) is 11.4. The van der Waals surface area contributed by atoms with E-state index in [0.717, 1.165) is 0 Å². The first-order valence-electron chi connectivity index (χ1n) is 6.41. The number of rotatable bonds is 4. The third-order valence-corrected chi connectivity index (χ3v) is 4.82. The highest BCUT2D eigenvalue weighted by Crippen LogP contribution is 2.35. The number of carbonyl (C=O) groups excluding carboxylic acids is 1. The molecule has 6 nitrogen and oxygen atoms in total. The molecule has 1 aromatic heterocycles. The number of nitrogens with zero attached hydrogens (tertiary/aromatic N) is 1. The molecular weight excluding hydrogens is 280 g/mol. The third-order valence-electron chi connectivity index (χ3n) is 3.20. The summed E-state index contributed by atoms with van der Waals surface area (Å²) in [6, 6.07) is 2.37. The van der Waals surface area contributed by atoms with E-state index in [0.29, 0.717) is 11.5 Å². The van der Waals surface area contributed by atoms with Gasteiger partial charge in [-0.2, -0.15) is 0 Å². The molecule has 1 fully saturated rings. The van der Waals surface area contributed by atoms with Gasteiger partial charge in [0.25, 0.3) is 5.91 Å². The maximum Gasteiger partial charge on any atom is 0.327 e. The number of carbonyl (C=O) groups is 2. The van der Waals surface area contributed by atoms with Gasteiger partial charge in [-0.25, -0.2) is 4.79 Å². The summed E-state index contributed by atoms with van der Waals surface area (Å²) in [4.78, 5) is 25.3. The second-order valence-electron chi connectivity index (χ2n) is 5.00. The molecule has 2 rings (SSSR count). The van der Waals surface area contributed by atoms with E-state index in [-0.39, 0.29) is 29.5 Å². The molecule has 1 aliphatic heterocycles. The lowest BCUT2D eigenvalue weighted by Gasteiger charge is -2.28. The minimum atomic E-state index is -0.986. The molecule has 0 aromatic carbocycles. The van der Waals surface area contributed by atoms with Crippen LogP contribution in [-0.4, -0.2) is 39.1 Å². The van der Waals surface area contributed by atoms with Crippen LogP contribution in [-0.2, 0) is 11.3 Å². The van der Waals surface area contributed by atoms with Crippen molar-refractivity contribution in [3.05, 3.63) is 23.7 Å². The molecule has 0 spiro atoms. The molecule has 2 unspecified atom stereocenters. The minimum absolute atomic E-state index is 0.143. The van der Waals surface area contributed by atoms with Crippen molar-refractivity contribution in [3.63, 3.8) is 0 Å². The van der Waals surface area contributed by atoms with Gasteiger partial charge in [0.15, 0.2) is 5.76 Å². The Morgan fingerprint density at radius 2 is 2.25 bits per heavy atom. The van der Waals surface area contributed by atoms with Gasteiger partial charge in [0.1, 0.15) is 11.8 Å². The van der Waals surface area contributed by atoms with Gasteiger partial charge in [-0.3, -0.25) is 4.79 Å². The summed E-state index contributed by atoms with van der Waals surface area (Å²) in [6.07, 6.45) is 0. The molecule has 2 atom stereocenters. The van der Waals surface area contributed by atoms with E-state index in [1.54, 1.807) is 12.1 Å². The van der Waals surface area contributed by atoms with Crippen molar-refractivity contribution in [3.8, 4) is 0 Å². The second-order valence-corrected chi connectivity index (χ2v) is 6.15. The zero-order valence-corrected chi connectivity index (χ0v) is 12.2. The molecule has 0 bridgehead atoms. The summed E-state index contributed by atoms with van der Waals surface area (Å²) in [7, 11) is 0. The molecular formula is C13H18N2O4S. The molecule has 1 aromatic rings. The van der Waals surface area contributed by atoms with E-state index in [2.05, 4.69) is 0 Å². The van der Waals surface area contributed by atoms with Crippen LogP contribution >= 0.6 is 11.8 Å². The first-order valence-corrected chi connectivity index (χ1v) is 7.46. The van der Waals surface area contributed by atoms with E-state index in [1.807, 2.05) is 13.8 Å². The molecule has 1 saturated heterocycles. The summed E-state index contributed by atoms with van der Waals surface area (Å²) in [6.45, 7) is 4.14. The first-order chi connectivity index (χ1) is 9.45. The van der Waals surface area contributed by atoms with Crippen molar-refractivity contribution < 1.29 is 19.1 Å². The van der Waals surface area contributed by atoms with Gasteiger partial charge in [0, 0.05) is 5.75 Å². The van der Waals surface area contributed by atoms with Crippen LogP contribution in [0.4, 0.5) is 0 Å². The van der Waals surface area contributed by atoms with E-state index in [9.17, 15) is 14.7 Å². The largest absolute Gasteiger partial charge is 0.480 e. The van der Waals surface area contributed by atoms with Crippen molar-refractivity contribution in [1.29, 1.82) is 0 Å². The average molecular weight is 298 g/mol. The standard InChI is InChI=1S/C13H18N2O4S/c1-7(2)12-15(9(6-20-12)13(17)18)11(16)10-4-3-8(5-14)19-10/h3-4,7,9,12H,5-6,14H2,1-2H3,(H,17,18). The molecule has 1 amide bonds. The van der Waals surface area contributed by atoms with Gasteiger partial charge in [0.05, 0.1) is 11.9 Å². The summed E-state index contributed by atoms with van der Waals surface area (Å²) >= 11 is 1.49. The number of aliphatic carboxylic acids is 1. The fraction of sp³-hybridized carbons (Fsp3) is 0.538. The van der Waals surface area contributed by atoms with Crippen molar-refractivity contribution in [2.24, 2.45) is 11.7 Å². The number of carboxylic acids is 1. The van der Waals surface area contributed by atoms with Crippen LogP contribution < -0.4 is 5.73 Å². The van der Waals surface area contributed by atoms with Crippen molar-refractivity contribution in [1.82, 2.24) is 4.90 Å². The van der Waals surface area contributed by atoms with Gasteiger partial charge < -0.3 is 20.2 Å². The van der Waals surface area contributed by atoms with Crippen LogP contribution in [0.3, 0.4) is 0 Å². The molecule has 0 aliphatic carbocycles. The summed E-state index contributed by atoms with van der Waals surface area (Å²) in [5.74, 6) is -0.162. The van der Waals surface area contributed by atoms with Crippen molar-refractivity contribution >= 4 is 23.6 Å². The Labute approximate surface area is 121 Å². The van der Waals surface area contributed by atoms with Gasteiger partial charge in [-0.15, -0.1) is 11.8 Å². The molecule has 20 heavy (non-hydrogen) atoms. The normalized spacial score (nSPS) is 22.5. The van der Waals surface area contributed by atoms with Crippen LogP contribution in [0.25, 0.3) is 0 Å². The quantitative estimate of drug-likeness (QED) is 0.871. The summed E-state index contributed by atoms with van der Waals surface area (Å²) in [5, 5.41) is 9.12. The van der Waals surface area contributed by atoms with E-state index >= 15 is 0 Å². The first kappa shape index (κ1) is 14.9. The van der Waals surface area contributed by atoms with Crippen LogP contribution in [0, 0.1) is 5.92 Å². The Hall–Kier alpha value is -1.47. The Kier molecular flexibility index (Phi) is 4.39. The number of hydrogen-bond acceptors (Lipinski definition) is 5. The second kappa shape index (κ2) is 5.88. The van der Waals surface area contributed by atoms with Gasteiger partial charge in [-0.05, 0) is 18.1 Å². The predicted molar refractivity (Wildman–Crippen MR) is 75.3 cm³/mol. The fourth-order valence-electron chi connectivity index (χ4n) is 2.22. The topological polar surface area (TPSA) is 96.8 Å². The molecule has 0 saturated carbocycles. The number of nitrogens with two attached hydrogens (primary N) is 1. The van der Waals surface area contributed by atoms with Crippen molar-refractivity contribution in [2.75, 3.05) is 5.75 Å². The molecule has 2 heterocycles. The van der Waals surface area contributed by atoms with Crippen LogP contribution in [0.2, 0.25) is 0 Å². The SMILES string of the molecule is CC(C)C1SCC(C(=O)O)N1C(=O)c1ccc(CN)o1. The van der Waals surface area contributed by atoms with Crippen LogP contribution in [0.15, 0.2) is 16.5 Å². The monoisotopic (exact) mass is 298 g/mol. The van der Waals surface area contributed by atoms with Gasteiger partial charge in [0.2, 0.25) is 0 Å². The highest BCUT2D eigenvalue weighted by atomic mass is 32.2. The Morgan fingerprint density at radius 1 is 1.55 bits per heavy atom. The molecule has 110 valence electrons. The molecule has 3 N–H and O–H groups in total. The number of hydrogen-bond donors (Lipinski definition) is 2. The maximum absolute atomic E-state index is 12.5. The smallest absolute Gasteiger partial charge is 0.327 e. The molecule has 0 radical (unpaired) electrons. The minimum Gasteiger partial charge on any atom is -0.480 e. The maximum atomic E-state index is 12.5. The Bertz CT molecular complexity index is 514.